The number of phenols is 2. The first kappa shape index (κ1) is 27.3. The van der Waals surface area contributed by atoms with Crippen molar-refractivity contribution in [2.45, 2.75) is 51.8 Å². The van der Waals surface area contributed by atoms with Gasteiger partial charge in [0.1, 0.15) is 40.6 Å². The largest absolute Gasteiger partial charge is 0.507 e. The molecule has 9 heteroatoms. The van der Waals surface area contributed by atoms with Gasteiger partial charge < -0.3 is 43.7 Å². The zero-order chi connectivity index (χ0) is 29.2. The number of hydrogen-bond acceptors (Lipinski definition) is 9. The molecule has 0 bridgehead atoms. The third kappa shape index (κ3) is 4.02. The minimum Gasteiger partial charge on any atom is -0.507 e. The lowest BCUT2D eigenvalue weighted by Gasteiger charge is -2.34. The van der Waals surface area contributed by atoms with Gasteiger partial charge in [-0.1, -0.05) is 0 Å². The molecule has 0 fully saturated rings. The Labute approximate surface area is 237 Å². The highest BCUT2D eigenvalue weighted by Crippen LogP contribution is 2.55. The van der Waals surface area contributed by atoms with E-state index in [0.29, 0.717) is 73.2 Å². The highest BCUT2D eigenvalue weighted by atomic mass is 16.5. The highest BCUT2D eigenvalue weighted by molar-refractivity contribution is 6.15. The summed E-state index contributed by atoms with van der Waals surface area (Å²) in [5, 5.41) is 37.2. The van der Waals surface area contributed by atoms with Gasteiger partial charge in [-0.2, -0.15) is 0 Å². The lowest BCUT2D eigenvalue weighted by atomic mass is 9.78. The van der Waals surface area contributed by atoms with E-state index in [1.807, 2.05) is 19.1 Å². The van der Waals surface area contributed by atoms with E-state index in [1.165, 1.54) is 7.11 Å². The Hall–Kier alpha value is -3.92. The van der Waals surface area contributed by atoms with Gasteiger partial charge in [-0.05, 0) is 49.1 Å². The molecule has 0 aromatic heterocycles. The van der Waals surface area contributed by atoms with Crippen molar-refractivity contribution in [2.24, 2.45) is 0 Å². The van der Waals surface area contributed by atoms with E-state index in [-0.39, 0.29) is 30.8 Å². The van der Waals surface area contributed by atoms with Crippen LogP contribution in [0.3, 0.4) is 0 Å². The number of hydrogen-bond donors (Lipinski definition) is 3. The van der Waals surface area contributed by atoms with Gasteiger partial charge in [-0.3, -0.25) is 0 Å². The first-order chi connectivity index (χ1) is 19.7. The number of ether oxygens (including phenoxy) is 6. The summed E-state index contributed by atoms with van der Waals surface area (Å²) in [5.41, 5.74) is 4.04. The second-order valence-corrected chi connectivity index (χ2v) is 10.6. The maximum absolute atomic E-state index is 11.7. The molecule has 0 saturated carbocycles. The van der Waals surface area contributed by atoms with Crippen LogP contribution in [0.15, 0.2) is 24.3 Å². The molecule has 4 aromatic carbocycles. The number of phenolic OH excluding ortho intramolecular Hbond substituents is 2. The number of methoxy groups -OCH3 is 4. The number of aromatic hydroxyl groups is 2. The van der Waals surface area contributed by atoms with Gasteiger partial charge in [0, 0.05) is 39.6 Å². The summed E-state index contributed by atoms with van der Waals surface area (Å²) in [6.45, 7) is 4.09. The molecule has 0 spiro atoms. The topological polar surface area (TPSA) is 116 Å². The number of rotatable bonds is 5. The van der Waals surface area contributed by atoms with E-state index in [1.54, 1.807) is 40.4 Å². The van der Waals surface area contributed by atoms with Crippen LogP contribution in [0.2, 0.25) is 0 Å². The molecular formula is C32H34O9. The Balaban J connectivity index is 1.92. The fourth-order valence-corrected chi connectivity index (χ4v) is 6.32. The van der Waals surface area contributed by atoms with Gasteiger partial charge in [-0.15, -0.1) is 0 Å². The Morgan fingerprint density at radius 1 is 0.683 bits per heavy atom. The molecule has 2 aliphatic rings. The molecule has 3 N–H and O–H groups in total. The molecule has 3 atom stereocenters. The lowest BCUT2D eigenvalue weighted by Crippen LogP contribution is -2.27. The molecule has 2 heterocycles. The highest BCUT2D eigenvalue weighted by Gasteiger charge is 2.37. The molecule has 0 aliphatic carbocycles. The molecule has 0 amide bonds. The van der Waals surface area contributed by atoms with E-state index in [0.717, 1.165) is 11.1 Å². The van der Waals surface area contributed by atoms with Gasteiger partial charge in [0.15, 0.2) is 0 Å². The molecular weight excluding hydrogens is 528 g/mol. The summed E-state index contributed by atoms with van der Waals surface area (Å²) >= 11 is 0. The zero-order valence-electron chi connectivity index (χ0n) is 24.0. The molecule has 0 radical (unpaired) electrons. The molecule has 6 rings (SSSR count). The zero-order valence-corrected chi connectivity index (χ0v) is 24.0. The van der Waals surface area contributed by atoms with Crippen LogP contribution in [0.4, 0.5) is 0 Å². The average Bonchev–Trinajstić information content (AvgIpc) is 2.98. The monoisotopic (exact) mass is 562 g/mol. The third-order valence-electron chi connectivity index (χ3n) is 8.39. The SMILES string of the molecule is COc1cc(OC)c2c(O)c3c(c(-c4c5c(c(O)c6c(OC)cc(OC)cc46)CO[C@H](C)[C@@H]5O)c2c1)C[C@H](C)OC3. The third-order valence-corrected chi connectivity index (χ3v) is 8.39. The molecule has 216 valence electrons. The van der Waals surface area contributed by atoms with Crippen LogP contribution in [0.25, 0.3) is 32.7 Å². The van der Waals surface area contributed by atoms with Crippen molar-refractivity contribution in [2.75, 3.05) is 28.4 Å². The summed E-state index contributed by atoms with van der Waals surface area (Å²) < 4.78 is 34.7. The van der Waals surface area contributed by atoms with Crippen molar-refractivity contribution in [3.8, 4) is 45.6 Å². The van der Waals surface area contributed by atoms with Gasteiger partial charge >= 0.3 is 0 Å². The van der Waals surface area contributed by atoms with E-state index in [2.05, 4.69) is 0 Å². The maximum Gasteiger partial charge on any atom is 0.134 e. The predicted molar refractivity (Wildman–Crippen MR) is 154 cm³/mol. The van der Waals surface area contributed by atoms with E-state index in [4.69, 9.17) is 28.4 Å². The summed E-state index contributed by atoms with van der Waals surface area (Å²) in [4.78, 5) is 0. The average molecular weight is 563 g/mol. The quantitative estimate of drug-likeness (QED) is 0.289. The molecule has 4 aromatic rings. The van der Waals surface area contributed by atoms with Crippen molar-refractivity contribution in [1.29, 1.82) is 0 Å². The fourth-order valence-electron chi connectivity index (χ4n) is 6.32. The van der Waals surface area contributed by atoms with Crippen LogP contribution >= 0.6 is 0 Å². The van der Waals surface area contributed by atoms with Crippen molar-refractivity contribution in [3.05, 3.63) is 46.5 Å². The van der Waals surface area contributed by atoms with Crippen LogP contribution in [-0.4, -0.2) is 56.0 Å². The summed E-state index contributed by atoms with van der Waals surface area (Å²) in [5.74, 6) is 1.97. The normalized spacial score (nSPS) is 20.0. The predicted octanol–water partition coefficient (Wildman–Crippen LogP) is 5.52. The second-order valence-electron chi connectivity index (χ2n) is 10.6. The first-order valence-electron chi connectivity index (χ1n) is 13.5. The van der Waals surface area contributed by atoms with Gasteiger partial charge in [-0.25, -0.2) is 0 Å². The Kier molecular flexibility index (Phi) is 6.76. The minimum absolute atomic E-state index is 0.0204. The molecule has 0 saturated heterocycles. The minimum atomic E-state index is -1.05. The lowest BCUT2D eigenvalue weighted by molar-refractivity contribution is -0.0527. The first-order valence-corrected chi connectivity index (χ1v) is 13.5. The molecule has 41 heavy (non-hydrogen) atoms. The van der Waals surface area contributed by atoms with E-state index < -0.39 is 12.2 Å². The van der Waals surface area contributed by atoms with Crippen molar-refractivity contribution < 1.29 is 43.7 Å². The maximum atomic E-state index is 11.7. The molecule has 2 aliphatic heterocycles. The number of aliphatic hydroxyl groups is 1. The summed E-state index contributed by atoms with van der Waals surface area (Å²) in [7, 11) is 6.22. The second kappa shape index (κ2) is 10.2. The molecule has 9 nitrogen and oxygen atoms in total. The Bertz CT molecular complexity index is 1690. The summed E-state index contributed by atoms with van der Waals surface area (Å²) in [6.07, 6.45) is -1.20. The van der Waals surface area contributed by atoms with Crippen molar-refractivity contribution >= 4 is 21.5 Å². The van der Waals surface area contributed by atoms with Crippen molar-refractivity contribution in [3.63, 3.8) is 0 Å². The van der Waals surface area contributed by atoms with Crippen LogP contribution in [0.1, 0.15) is 42.2 Å². The van der Waals surface area contributed by atoms with Gasteiger partial charge in [0.25, 0.3) is 0 Å². The van der Waals surface area contributed by atoms with E-state index in [9.17, 15) is 15.3 Å². The van der Waals surface area contributed by atoms with Crippen LogP contribution in [-0.2, 0) is 29.1 Å². The summed E-state index contributed by atoms with van der Waals surface area (Å²) in [6, 6.07) is 7.15. The van der Waals surface area contributed by atoms with Crippen LogP contribution < -0.4 is 18.9 Å². The Morgan fingerprint density at radius 2 is 1.22 bits per heavy atom. The molecule has 0 unspecified atom stereocenters. The number of fused-ring (bicyclic) bond motifs is 4. The number of aliphatic hydroxyl groups excluding tert-OH is 1. The van der Waals surface area contributed by atoms with Crippen LogP contribution in [0, 0.1) is 0 Å². The van der Waals surface area contributed by atoms with Gasteiger partial charge in [0.05, 0.1) is 64.6 Å². The van der Waals surface area contributed by atoms with E-state index >= 15 is 0 Å². The standard InChI is InChI=1S/C32H34O9/c1-14-7-18-21(12-40-14)31(34)26-19(8-16(36-3)10-23(26)38-5)25(18)28-20-9-17(37-4)11-24(39-6)27(20)32(35)22-13-41-15(2)30(33)29(22)28/h8-11,14-15,30,33-35H,7,12-13H2,1-6H3/t14-,15+,30-/m0/s1. The smallest absolute Gasteiger partial charge is 0.134 e. The van der Waals surface area contributed by atoms with Crippen molar-refractivity contribution in [1.82, 2.24) is 0 Å². The fraction of sp³-hybridized carbons (Fsp3) is 0.375. The number of benzene rings is 4. The van der Waals surface area contributed by atoms with Crippen LogP contribution in [0.5, 0.6) is 34.5 Å². The Morgan fingerprint density at radius 3 is 1.78 bits per heavy atom. The van der Waals surface area contributed by atoms with Gasteiger partial charge in [0.2, 0.25) is 0 Å².